The van der Waals surface area contributed by atoms with E-state index >= 15 is 0 Å². The molecule has 1 aromatic rings. The minimum Gasteiger partial charge on any atom is -0.391 e. The fraction of sp³-hybridized carbons (Fsp3) is 0.545. The van der Waals surface area contributed by atoms with Crippen LogP contribution in [-0.2, 0) is 11.4 Å². The van der Waals surface area contributed by atoms with E-state index in [1.165, 1.54) is 6.33 Å². The van der Waals surface area contributed by atoms with Crippen molar-refractivity contribution in [1.82, 2.24) is 9.97 Å². The Balaban J connectivity index is 2.14. The van der Waals surface area contributed by atoms with Crippen molar-refractivity contribution in [2.24, 2.45) is 11.7 Å². The Labute approximate surface area is 110 Å². The highest BCUT2D eigenvalue weighted by Crippen LogP contribution is 2.27. The number of hydrogen-bond acceptors (Lipinski definition) is 5. The number of rotatable bonds is 3. The largest absolute Gasteiger partial charge is 0.391 e. The summed E-state index contributed by atoms with van der Waals surface area (Å²) in [5.41, 5.74) is 5.81. The highest BCUT2D eigenvalue weighted by molar-refractivity contribution is 6.30. The number of carbonyl (C=O) groups excluding carboxylic acids is 1. The molecule has 3 N–H and O–H groups in total. The van der Waals surface area contributed by atoms with E-state index in [1.807, 2.05) is 4.90 Å². The molecule has 1 aromatic heterocycles. The third kappa shape index (κ3) is 2.54. The molecule has 0 unspecified atom stereocenters. The molecule has 0 bridgehead atoms. The molecule has 1 amide bonds. The molecule has 0 spiro atoms. The molecular formula is C11H15ClN4O2. The molecule has 0 aliphatic carbocycles. The zero-order valence-electron chi connectivity index (χ0n) is 9.84. The first-order chi connectivity index (χ1) is 8.63. The number of primary amides is 1. The van der Waals surface area contributed by atoms with Gasteiger partial charge in [-0.1, -0.05) is 11.6 Å². The molecule has 2 heterocycles. The summed E-state index contributed by atoms with van der Waals surface area (Å²) < 4.78 is 0. The first-order valence-electron chi connectivity index (χ1n) is 5.78. The summed E-state index contributed by atoms with van der Waals surface area (Å²) in [4.78, 5) is 21.1. The number of nitrogens with two attached hydrogens (primary N) is 1. The van der Waals surface area contributed by atoms with Crippen LogP contribution in [0.3, 0.4) is 0 Å². The number of piperidine rings is 1. The van der Waals surface area contributed by atoms with Gasteiger partial charge in [-0.25, -0.2) is 9.97 Å². The van der Waals surface area contributed by atoms with Crippen LogP contribution in [0.4, 0.5) is 5.82 Å². The molecule has 1 aliphatic heterocycles. The second-order valence-electron chi connectivity index (χ2n) is 4.29. The third-order valence-electron chi connectivity index (χ3n) is 3.23. The minimum absolute atomic E-state index is 0.0730. The average molecular weight is 271 g/mol. The number of amides is 1. The topological polar surface area (TPSA) is 92.3 Å². The van der Waals surface area contributed by atoms with Crippen LogP contribution in [0.5, 0.6) is 0 Å². The van der Waals surface area contributed by atoms with Gasteiger partial charge < -0.3 is 15.7 Å². The molecule has 1 fully saturated rings. The van der Waals surface area contributed by atoms with E-state index in [2.05, 4.69) is 9.97 Å². The van der Waals surface area contributed by atoms with Crippen molar-refractivity contribution in [2.75, 3.05) is 18.0 Å². The lowest BCUT2D eigenvalue weighted by molar-refractivity contribution is -0.122. The van der Waals surface area contributed by atoms with Gasteiger partial charge in [-0.05, 0) is 12.8 Å². The molecule has 2 rings (SSSR count). The summed E-state index contributed by atoms with van der Waals surface area (Å²) in [6, 6.07) is 0. The fourth-order valence-corrected chi connectivity index (χ4v) is 2.35. The fourth-order valence-electron chi connectivity index (χ4n) is 2.17. The number of aliphatic hydroxyl groups excluding tert-OH is 1. The summed E-state index contributed by atoms with van der Waals surface area (Å²) in [6.07, 6.45) is 2.76. The minimum atomic E-state index is -0.252. The number of hydrogen-bond donors (Lipinski definition) is 2. The van der Waals surface area contributed by atoms with Crippen molar-refractivity contribution in [2.45, 2.75) is 19.4 Å². The molecule has 0 atom stereocenters. The van der Waals surface area contributed by atoms with Gasteiger partial charge in [0.25, 0.3) is 0 Å². The SMILES string of the molecule is NC(=O)C1CCN(c2ncnc(Cl)c2CO)CC1. The predicted octanol–water partition coefficient (Wildman–Crippen LogP) is 0.324. The molecule has 1 aliphatic rings. The summed E-state index contributed by atoms with van der Waals surface area (Å²) in [5, 5.41) is 9.57. The average Bonchev–Trinajstić information content (AvgIpc) is 2.38. The zero-order valence-corrected chi connectivity index (χ0v) is 10.6. The van der Waals surface area contributed by atoms with Crippen LogP contribution in [0.2, 0.25) is 5.15 Å². The third-order valence-corrected chi connectivity index (χ3v) is 3.55. The lowest BCUT2D eigenvalue weighted by Crippen LogP contribution is -2.39. The normalized spacial score (nSPS) is 16.9. The zero-order chi connectivity index (χ0) is 13.1. The number of nitrogens with zero attached hydrogens (tertiary/aromatic N) is 3. The van der Waals surface area contributed by atoms with Gasteiger partial charge in [0.2, 0.25) is 5.91 Å². The smallest absolute Gasteiger partial charge is 0.220 e. The molecule has 6 nitrogen and oxygen atoms in total. The van der Waals surface area contributed by atoms with Gasteiger partial charge in [0.05, 0.1) is 12.2 Å². The standard InChI is InChI=1S/C11H15ClN4O2/c12-9-8(5-17)11(15-6-14-9)16-3-1-7(2-4-16)10(13)18/h6-7,17H,1-5H2,(H2,13,18). The Hall–Kier alpha value is -1.40. The number of aromatic nitrogens is 2. The van der Waals surface area contributed by atoms with Crippen LogP contribution in [0.25, 0.3) is 0 Å². The van der Waals surface area contributed by atoms with Gasteiger partial charge in [0, 0.05) is 19.0 Å². The highest BCUT2D eigenvalue weighted by Gasteiger charge is 2.25. The highest BCUT2D eigenvalue weighted by atomic mass is 35.5. The van der Waals surface area contributed by atoms with Gasteiger partial charge in [-0.15, -0.1) is 0 Å². The van der Waals surface area contributed by atoms with Gasteiger partial charge >= 0.3 is 0 Å². The van der Waals surface area contributed by atoms with Crippen molar-refractivity contribution in [3.63, 3.8) is 0 Å². The van der Waals surface area contributed by atoms with Crippen molar-refractivity contribution in [1.29, 1.82) is 0 Å². The number of halogens is 1. The summed E-state index contributed by atoms with van der Waals surface area (Å²) in [6.45, 7) is 1.15. The summed E-state index contributed by atoms with van der Waals surface area (Å²) in [7, 11) is 0. The first kappa shape index (κ1) is 13.0. The molecular weight excluding hydrogens is 256 g/mol. The van der Waals surface area contributed by atoms with Crippen molar-refractivity contribution in [3.8, 4) is 0 Å². The number of carbonyl (C=O) groups is 1. The van der Waals surface area contributed by atoms with E-state index < -0.39 is 0 Å². The van der Waals surface area contributed by atoms with Crippen LogP contribution in [0, 0.1) is 5.92 Å². The molecule has 1 saturated heterocycles. The van der Waals surface area contributed by atoms with Gasteiger partial charge in [0.1, 0.15) is 17.3 Å². The maximum atomic E-state index is 11.1. The predicted molar refractivity (Wildman–Crippen MR) is 67.1 cm³/mol. The second-order valence-corrected chi connectivity index (χ2v) is 4.65. The Morgan fingerprint density at radius 2 is 2.17 bits per heavy atom. The Bertz CT molecular complexity index is 447. The maximum Gasteiger partial charge on any atom is 0.220 e. The monoisotopic (exact) mass is 270 g/mol. The van der Waals surface area contributed by atoms with E-state index in [0.717, 1.165) is 0 Å². The molecule has 0 saturated carbocycles. The quantitative estimate of drug-likeness (QED) is 0.772. The van der Waals surface area contributed by atoms with Crippen molar-refractivity contribution >= 4 is 23.3 Å². The van der Waals surface area contributed by atoms with Gasteiger partial charge in [-0.2, -0.15) is 0 Å². The maximum absolute atomic E-state index is 11.1. The van der Waals surface area contributed by atoms with Crippen molar-refractivity contribution < 1.29 is 9.90 Å². The van der Waals surface area contributed by atoms with Crippen LogP contribution >= 0.6 is 11.6 Å². The lowest BCUT2D eigenvalue weighted by Gasteiger charge is -2.32. The number of aliphatic hydroxyl groups is 1. The van der Waals surface area contributed by atoms with Crippen LogP contribution in [0.1, 0.15) is 18.4 Å². The van der Waals surface area contributed by atoms with Gasteiger partial charge in [-0.3, -0.25) is 4.79 Å². The Kier molecular flexibility index (Phi) is 3.98. The van der Waals surface area contributed by atoms with Crippen LogP contribution in [0.15, 0.2) is 6.33 Å². The molecule has 0 radical (unpaired) electrons. The summed E-state index contributed by atoms with van der Waals surface area (Å²) in [5.74, 6) is 0.314. The van der Waals surface area contributed by atoms with E-state index in [9.17, 15) is 9.90 Å². The van der Waals surface area contributed by atoms with E-state index in [1.54, 1.807) is 0 Å². The Morgan fingerprint density at radius 1 is 1.50 bits per heavy atom. The van der Waals surface area contributed by atoms with Crippen molar-refractivity contribution in [3.05, 3.63) is 17.0 Å². The molecule has 0 aromatic carbocycles. The lowest BCUT2D eigenvalue weighted by atomic mass is 9.96. The second kappa shape index (κ2) is 5.49. The summed E-state index contributed by atoms with van der Waals surface area (Å²) >= 11 is 5.92. The number of anilines is 1. The van der Waals surface area contributed by atoms with Crippen LogP contribution in [-0.4, -0.2) is 34.1 Å². The van der Waals surface area contributed by atoms with E-state index in [4.69, 9.17) is 17.3 Å². The van der Waals surface area contributed by atoms with Gasteiger partial charge in [0.15, 0.2) is 0 Å². The molecule has 98 valence electrons. The molecule has 7 heteroatoms. The molecule has 18 heavy (non-hydrogen) atoms. The van der Waals surface area contributed by atoms with E-state index in [-0.39, 0.29) is 23.6 Å². The first-order valence-corrected chi connectivity index (χ1v) is 6.15. The van der Waals surface area contributed by atoms with Crippen LogP contribution < -0.4 is 10.6 Å². The van der Waals surface area contributed by atoms with E-state index in [0.29, 0.717) is 37.3 Å². The Morgan fingerprint density at radius 3 is 2.72 bits per heavy atom.